The highest BCUT2D eigenvalue weighted by atomic mass is 16.3. The highest BCUT2D eigenvalue weighted by Crippen LogP contribution is 2.19. The van der Waals surface area contributed by atoms with Crippen LogP contribution in [0.15, 0.2) is 16.5 Å². The maximum Gasteiger partial charge on any atom is 0.317 e. The van der Waals surface area contributed by atoms with E-state index in [0.717, 1.165) is 24.4 Å². The molecule has 0 radical (unpaired) electrons. The largest absolute Gasteiger partial charge is 0.464 e. The lowest BCUT2D eigenvalue weighted by atomic mass is 10.4. The van der Waals surface area contributed by atoms with Crippen LogP contribution in [0.25, 0.3) is 0 Å². The van der Waals surface area contributed by atoms with Gasteiger partial charge in [-0.25, -0.2) is 4.79 Å². The fraction of sp³-hybridized carbons (Fsp3) is 0.545. The second-order valence-corrected chi connectivity index (χ2v) is 4.09. The molecule has 0 atom stereocenters. The SMILES string of the molecule is Cc1ccc(CN(C)C(=O)NC2CC2)o1. The molecule has 1 fully saturated rings. The fourth-order valence-corrected chi connectivity index (χ4v) is 1.39. The molecule has 2 amide bonds. The van der Waals surface area contributed by atoms with Crippen molar-refractivity contribution in [2.75, 3.05) is 7.05 Å². The molecule has 0 spiro atoms. The molecule has 4 nitrogen and oxygen atoms in total. The van der Waals surface area contributed by atoms with Gasteiger partial charge < -0.3 is 14.6 Å². The van der Waals surface area contributed by atoms with Crippen molar-refractivity contribution in [2.24, 2.45) is 0 Å². The van der Waals surface area contributed by atoms with Crippen LogP contribution in [0, 0.1) is 6.92 Å². The van der Waals surface area contributed by atoms with E-state index in [1.54, 1.807) is 11.9 Å². The van der Waals surface area contributed by atoms with Crippen LogP contribution in [0.3, 0.4) is 0 Å². The molecule has 0 aliphatic heterocycles. The standard InChI is InChI=1S/C11H16N2O2/c1-8-3-6-10(15-8)7-13(2)11(14)12-9-4-5-9/h3,6,9H,4-5,7H2,1-2H3,(H,12,14). The number of amides is 2. The molecule has 1 aliphatic carbocycles. The third-order valence-corrected chi connectivity index (χ3v) is 2.44. The molecule has 15 heavy (non-hydrogen) atoms. The van der Waals surface area contributed by atoms with Crippen LogP contribution in [0.5, 0.6) is 0 Å². The topological polar surface area (TPSA) is 45.5 Å². The summed E-state index contributed by atoms with van der Waals surface area (Å²) in [5.41, 5.74) is 0. The van der Waals surface area contributed by atoms with E-state index >= 15 is 0 Å². The highest BCUT2D eigenvalue weighted by Gasteiger charge is 2.24. The summed E-state index contributed by atoms with van der Waals surface area (Å²) in [6.45, 7) is 2.42. The predicted molar refractivity (Wildman–Crippen MR) is 56.5 cm³/mol. The van der Waals surface area contributed by atoms with Crippen LogP contribution >= 0.6 is 0 Å². The number of nitrogens with one attached hydrogen (secondary N) is 1. The number of nitrogens with zero attached hydrogens (tertiary/aromatic N) is 1. The van der Waals surface area contributed by atoms with E-state index in [9.17, 15) is 4.79 Å². The molecule has 0 unspecified atom stereocenters. The summed E-state index contributed by atoms with van der Waals surface area (Å²) >= 11 is 0. The summed E-state index contributed by atoms with van der Waals surface area (Å²) in [4.78, 5) is 13.2. The molecule has 0 saturated heterocycles. The smallest absolute Gasteiger partial charge is 0.317 e. The van der Waals surface area contributed by atoms with E-state index in [1.165, 1.54) is 0 Å². The lowest BCUT2D eigenvalue weighted by Crippen LogP contribution is -2.37. The molecule has 1 aromatic heterocycles. The van der Waals surface area contributed by atoms with E-state index in [0.29, 0.717) is 12.6 Å². The van der Waals surface area contributed by atoms with Crippen LogP contribution in [0.2, 0.25) is 0 Å². The Bertz CT molecular complexity index is 355. The Balaban J connectivity index is 1.84. The molecule has 0 bridgehead atoms. The van der Waals surface area contributed by atoms with Gasteiger partial charge in [-0.3, -0.25) is 0 Å². The van der Waals surface area contributed by atoms with Crippen LogP contribution in [-0.2, 0) is 6.54 Å². The molecule has 2 rings (SSSR count). The van der Waals surface area contributed by atoms with Crippen molar-refractivity contribution in [3.63, 3.8) is 0 Å². The zero-order chi connectivity index (χ0) is 10.8. The van der Waals surface area contributed by atoms with Gasteiger partial charge in [0.05, 0.1) is 6.54 Å². The minimum absolute atomic E-state index is 0.0217. The van der Waals surface area contributed by atoms with Gasteiger partial charge >= 0.3 is 6.03 Å². The van der Waals surface area contributed by atoms with Crippen molar-refractivity contribution < 1.29 is 9.21 Å². The van der Waals surface area contributed by atoms with Crippen molar-refractivity contribution in [1.29, 1.82) is 0 Å². The van der Waals surface area contributed by atoms with E-state index in [4.69, 9.17) is 4.42 Å². The molecule has 82 valence electrons. The second-order valence-electron chi connectivity index (χ2n) is 4.09. The monoisotopic (exact) mass is 208 g/mol. The second kappa shape index (κ2) is 3.96. The zero-order valence-corrected chi connectivity index (χ0v) is 9.12. The number of aryl methyl sites for hydroxylation is 1. The fourth-order valence-electron chi connectivity index (χ4n) is 1.39. The van der Waals surface area contributed by atoms with E-state index in [2.05, 4.69) is 5.32 Å². The molecular formula is C11H16N2O2. The van der Waals surface area contributed by atoms with Crippen molar-refractivity contribution in [3.05, 3.63) is 23.7 Å². The quantitative estimate of drug-likeness (QED) is 0.824. The summed E-state index contributed by atoms with van der Waals surface area (Å²) in [7, 11) is 1.77. The van der Waals surface area contributed by atoms with E-state index in [-0.39, 0.29) is 6.03 Å². The third-order valence-electron chi connectivity index (χ3n) is 2.44. The van der Waals surface area contributed by atoms with Gasteiger partial charge in [-0.1, -0.05) is 0 Å². The molecule has 1 aliphatic rings. The first-order chi connectivity index (χ1) is 7.15. The minimum Gasteiger partial charge on any atom is -0.464 e. The minimum atomic E-state index is -0.0217. The van der Waals surface area contributed by atoms with E-state index < -0.39 is 0 Å². The summed E-state index contributed by atoms with van der Waals surface area (Å²) in [6, 6.07) is 4.18. The number of urea groups is 1. The van der Waals surface area contributed by atoms with Gasteiger partial charge in [0.1, 0.15) is 11.5 Å². The van der Waals surface area contributed by atoms with Crippen molar-refractivity contribution in [2.45, 2.75) is 32.4 Å². The third kappa shape index (κ3) is 2.75. The number of hydrogen-bond donors (Lipinski definition) is 1. The van der Waals surface area contributed by atoms with Gasteiger partial charge in [-0.15, -0.1) is 0 Å². The molecule has 4 heteroatoms. The number of carbonyl (C=O) groups is 1. The first-order valence-corrected chi connectivity index (χ1v) is 5.22. The Morgan fingerprint density at radius 1 is 1.60 bits per heavy atom. The normalized spacial score (nSPS) is 15.1. The first-order valence-electron chi connectivity index (χ1n) is 5.22. The Kier molecular flexibility index (Phi) is 2.66. The van der Waals surface area contributed by atoms with Crippen LogP contribution in [-0.4, -0.2) is 24.0 Å². The lowest BCUT2D eigenvalue weighted by Gasteiger charge is -2.16. The van der Waals surface area contributed by atoms with Gasteiger partial charge in [0.15, 0.2) is 0 Å². The Morgan fingerprint density at radius 3 is 2.87 bits per heavy atom. The van der Waals surface area contributed by atoms with Crippen molar-refractivity contribution >= 4 is 6.03 Å². The van der Waals surface area contributed by atoms with E-state index in [1.807, 2.05) is 19.1 Å². The van der Waals surface area contributed by atoms with Gasteiger partial charge in [0.25, 0.3) is 0 Å². The lowest BCUT2D eigenvalue weighted by molar-refractivity contribution is 0.202. The molecule has 0 aromatic carbocycles. The molecule has 1 saturated carbocycles. The number of rotatable bonds is 3. The Morgan fingerprint density at radius 2 is 2.33 bits per heavy atom. The summed E-state index contributed by atoms with van der Waals surface area (Å²) in [6.07, 6.45) is 2.22. The number of hydrogen-bond acceptors (Lipinski definition) is 2. The maximum absolute atomic E-state index is 11.6. The molecule has 1 N–H and O–H groups in total. The maximum atomic E-state index is 11.6. The van der Waals surface area contributed by atoms with Gasteiger partial charge in [0.2, 0.25) is 0 Å². The zero-order valence-electron chi connectivity index (χ0n) is 9.12. The summed E-state index contributed by atoms with van der Waals surface area (Å²) in [5.74, 6) is 1.70. The number of carbonyl (C=O) groups excluding carboxylic acids is 1. The first kappa shape index (κ1) is 10.1. The molecular weight excluding hydrogens is 192 g/mol. The Labute approximate surface area is 89.2 Å². The molecule has 1 heterocycles. The Hall–Kier alpha value is -1.45. The summed E-state index contributed by atoms with van der Waals surface area (Å²) < 4.78 is 5.40. The van der Waals surface area contributed by atoms with Crippen LogP contribution in [0.1, 0.15) is 24.4 Å². The van der Waals surface area contributed by atoms with Crippen molar-refractivity contribution in [1.82, 2.24) is 10.2 Å². The van der Waals surface area contributed by atoms with Gasteiger partial charge in [-0.05, 0) is 31.9 Å². The average Bonchev–Trinajstić information content (AvgIpc) is 2.90. The molecule has 1 aromatic rings. The van der Waals surface area contributed by atoms with Gasteiger partial charge in [-0.2, -0.15) is 0 Å². The van der Waals surface area contributed by atoms with Crippen LogP contribution in [0.4, 0.5) is 4.79 Å². The van der Waals surface area contributed by atoms with Crippen molar-refractivity contribution in [3.8, 4) is 0 Å². The van der Waals surface area contributed by atoms with Gasteiger partial charge in [0, 0.05) is 13.1 Å². The predicted octanol–water partition coefficient (Wildman–Crippen LogP) is 1.89. The number of furan rings is 1. The van der Waals surface area contributed by atoms with Crippen LogP contribution < -0.4 is 5.32 Å². The average molecular weight is 208 g/mol. The summed E-state index contributed by atoms with van der Waals surface area (Å²) in [5, 5.41) is 2.93. The highest BCUT2D eigenvalue weighted by molar-refractivity contribution is 5.74.